The Hall–Kier alpha value is -3.76. The minimum absolute atomic E-state index is 0.427. The molecule has 0 unspecified atom stereocenters. The van der Waals surface area contributed by atoms with Gasteiger partial charge in [0.2, 0.25) is 0 Å². The number of aliphatic imine (C=N–C) groups is 1. The first-order valence-electron chi connectivity index (χ1n) is 9.43. The van der Waals surface area contributed by atoms with Crippen molar-refractivity contribution in [1.29, 1.82) is 0 Å². The molecule has 0 fully saturated rings. The number of aromatic nitrogens is 7. The van der Waals surface area contributed by atoms with Crippen LogP contribution in [-0.4, -0.2) is 59.9 Å². The lowest BCUT2D eigenvalue weighted by Gasteiger charge is -2.12. The maximum atomic E-state index is 4.61. The summed E-state index contributed by atoms with van der Waals surface area (Å²) in [7, 11) is 1.86. The number of hydrogen-bond acceptors (Lipinski definition) is 7. The van der Waals surface area contributed by atoms with E-state index >= 15 is 0 Å². The van der Waals surface area contributed by atoms with E-state index in [1.54, 1.807) is 10.9 Å². The Morgan fingerprint density at radius 3 is 2.97 bits per heavy atom. The molecule has 4 aromatic rings. The molecule has 0 aliphatic rings. The Labute approximate surface area is 167 Å². The van der Waals surface area contributed by atoms with Gasteiger partial charge in [-0.3, -0.25) is 9.08 Å². The maximum Gasteiger partial charge on any atom is 0.191 e. The maximum absolute atomic E-state index is 4.61. The highest BCUT2D eigenvalue weighted by Gasteiger charge is 2.07. The second kappa shape index (κ2) is 8.50. The van der Waals surface area contributed by atoms with E-state index in [2.05, 4.69) is 46.2 Å². The third-order valence-corrected chi connectivity index (χ3v) is 4.35. The van der Waals surface area contributed by atoms with Gasteiger partial charge in [0.15, 0.2) is 23.1 Å². The SMILES string of the molecule is CCNC(=NCc1nnc2ccccn12)NCCNc1ncnc2c1cnn2C. The lowest BCUT2D eigenvalue weighted by Crippen LogP contribution is -2.39. The third kappa shape index (κ3) is 4.08. The van der Waals surface area contributed by atoms with Crippen LogP contribution in [0.3, 0.4) is 0 Å². The summed E-state index contributed by atoms with van der Waals surface area (Å²) in [6.45, 7) is 4.55. The van der Waals surface area contributed by atoms with Gasteiger partial charge in [-0.2, -0.15) is 5.10 Å². The summed E-state index contributed by atoms with van der Waals surface area (Å²) in [4.78, 5) is 13.2. The topological polar surface area (TPSA) is 122 Å². The van der Waals surface area contributed by atoms with Crippen molar-refractivity contribution in [3.05, 3.63) is 42.7 Å². The highest BCUT2D eigenvalue weighted by molar-refractivity contribution is 5.86. The number of aryl methyl sites for hydroxylation is 1. The molecule has 3 N–H and O–H groups in total. The minimum Gasteiger partial charge on any atom is -0.368 e. The predicted octanol–water partition coefficient (Wildman–Crippen LogP) is 0.573. The van der Waals surface area contributed by atoms with Gasteiger partial charge < -0.3 is 16.0 Å². The molecule has 150 valence electrons. The van der Waals surface area contributed by atoms with Crippen molar-refractivity contribution in [1.82, 2.24) is 45.0 Å². The standard InChI is InChI=1S/C18H23N11/c1-3-19-18(22-11-15-27-26-14-6-4-5-9-29(14)15)21-8-7-20-16-13-10-25-28(2)17(13)24-12-23-16/h4-6,9-10,12H,3,7-8,11H2,1-2H3,(H2,19,21,22)(H,20,23,24). The molecule has 0 spiro atoms. The van der Waals surface area contributed by atoms with Crippen LogP contribution in [-0.2, 0) is 13.6 Å². The van der Waals surface area contributed by atoms with Gasteiger partial charge >= 0.3 is 0 Å². The summed E-state index contributed by atoms with van der Waals surface area (Å²) < 4.78 is 3.66. The highest BCUT2D eigenvalue weighted by atomic mass is 15.3. The third-order valence-electron chi connectivity index (χ3n) is 4.35. The second-order valence-electron chi connectivity index (χ2n) is 6.32. The summed E-state index contributed by atoms with van der Waals surface area (Å²) in [6.07, 6.45) is 5.24. The van der Waals surface area contributed by atoms with Gasteiger partial charge in [-0.25, -0.2) is 15.0 Å². The van der Waals surface area contributed by atoms with Gasteiger partial charge in [0.1, 0.15) is 18.7 Å². The van der Waals surface area contributed by atoms with Crippen LogP contribution in [0.1, 0.15) is 12.7 Å². The van der Waals surface area contributed by atoms with Crippen molar-refractivity contribution in [3.63, 3.8) is 0 Å². The van der Waals surface area contributed by atoms with E-state index < -0.39 is 0 Å². The zero-order valence-electron chi connectivity index (χ0n) is 16.4. The number of rotatable bonds is 7. The number of guanidine groups is 1. The second-order valence-corrected chi connectivity index (χ2v) is 6.32. The van der Waals surface area contributed by atoms with Crippen LogP contribution in [0.25, 0.3) is 16.7 Å². The number of nitrogens with one attached hydrogen (secondary N) is 3. The molecule has 11 nitrogen and oxygen atoms in total. The molecule has 4 rings (SSSR count). The molecule has 4 heterocycles. The predicted molar refractivity (Wildman–Crippen MR) is 111 cm³/mol. The Kier molecular flexibility index (Phi) is 5.45. The molecule has 0 amide bonds. The van der Waals surface area contributed by atoms with E-state index in [0.717, 1.165) is 40.8 Å². The molecule has 0 saturated carbocycles. The number of anilines is 1. The average Bonchev–Trinajstić information content (AvgIpc) is 3.33. The smallest absolute Gasteiger partial charge is 0.191 e. The largest absolute Gasteiger partial charge is 0.368 e. The van der Waals surface area contributed by atoms with Crippen LogP contribution in [0.2, 0.25) is 0 Å². The van der Waals surface area contributed by atoms with E-state index in [4.69, 9.17) is 0 Å². The van der Waals surface area contributed by atoms with E-state index in [0.29, 0.717) is 19.6 Å². The molecule has 0 radical (unpaired) electrons. The molecule has 4 aromatic heterocycles. The van der Waals surface area contributed by atoms with Crippen LogP contribution in [0.4, 0.5) is 5.82 Å². The summed E-state index contributed by atoms with van der Waals surface area (Å²) >= 11 is 0. The summed E-state index contributed by atoms with van der Waals surface area (Å²) in [5, 5.41) is 23.3. The van der Waals surface area contributed by atoms with Crippen molar-refractivity contribution in [2.45, 2.75) is 13.5 Å². The zero-order chi connectivity index (χ0) is 20.1. The molecule has 29 heavy (non-hydrogen) atoms. The van der Waals surface area contributed by atoms with Crippen molar-refractivity contribution in [2.75, 3.05) is 25.0 Å². The molecule has 0 aromatic carbocycles. The normalized spacial score (nSPS) is 11.9. The first kappa shape index (κ1) is 18.6. The molecule has 0 aliphatic carbocycles. The lowest BCUT2D eigenvalue weighted by molar-refractivity contribution is 0.785. The van der Waals surface area contributed by atoms with Crippen LogP contribution >= 0.6 is 0 Å². The Balaban J connectivity index is 1.35. The van der Waals surface area contributed by atoms with Gasteiger partial charge in [-0.05, 0) is 19.1 Å². The molecule has 11 heteroatoms. The van der Waals surface area contributed by atoms with Crippen molar-refractivity contribution >= 4 is 28.5 Å². The first-order valence-corrected chi connectivity index (χ1v) is 9.43. The molecular formula is C18H23N11. The molecule has 0 saturated heterocycles. The van der Waals surface area contributed by atoms with Crippen LogP contribution in [0.15, 0.2) is 41.9 Å². The van der Waals surface area contributed by atoms with E-state index in [1.807, 2.05) is 42.8 Å². The fraction of sp³-hybridized carbons (Fsp3) is 0.333. The van der Waals surface area contributed by atoms with Crippen LogP contribution < -0.4 is 16.0 Å². The molecule has 0 aliphatic heterocycles. The van der Waals surface area contributed by atoms with E-state index in [1.165, 1.54) is 6.33 Å². The minimum atomic E-state index is 0.427. The quantitative estimate of drug-likeness (QED) is 0.237. The number of hydrogen-bond donors (Lipinski definition) is 3. The summed E-state index contributed by atoms with van der Waals surface area (Å²) in [5.41, 5.74) is 1.61. The van der Waals surface area contributed by atoms with E-state index in [-0.39, 0.29) is 0 Å². The average molecular weight is 393 g/mol. The number of fused-ring (bicyclic) bond motifs is 2. The molecular weight excluding hydrogens is 370 g/mol. The Morgan fingerprint density at radius 1 is 1.14 bits per heavy atom. The molecule has 0 atom stereocenters. The summed E-state index contributed by atoms with van der Waals surface area (Å²) in [6, 6.07) is 5.80. The number of nitrogens with zero attached hydrogens (tertiary/aromatic N) is 8. The van der Waals surface area contributed by atoms with Gasteiger partial charge in [0.25, 0.3) is 0 Å². The van der Waals surface area contributed by atoms with E-state index in [9.17, 15) is 0 Å². The monoisotopic (exact) mass is 393 g/mol. The Morgan fingerprint density at radius 2 is 2.07 bits per heavy atom. The molecule has 0 bridgehead atoms. The van der Waals surface area contributed by atoms with Gasteiger partial charge in [0.05, 0.1) is 11.6 Å². The number of pyridine rings is 1. The van der Waals surface area contributed by atoms with Crippen LogP contribution in [0.5, 0.6) is 0 Å². The van der Waals surface area contributed by atoms with Crippen molar-refractivity contribution in [3.8, 4) is 0 Å². The first-order chi connectivity index (χ1) is 14.3. The fourth-order valence-corrected chi connectivity index (χ4v) is 2.95. The lowest BCUT2D eigenvalue weighted by atomic mass is 10.4. The van der Waals surface area contributed by atoms with Crippen molar-refractivity contribution in [2.24, 2.45) is 12.0 Å². The Bertz CT molecular complexity index is 1130. The van der Waals surface area contributed by atoms with Gasteiger partial charge in [-0.15, -0.1) is 10.2 Å². The highest BCUT2D eigenvalue weighted by Crippen LogP contribution is 2.17. The fourth-order valence-electron chi connectivity index (χ4n) is 2.95. The van der Waals surface area contributed by atoms with Gasteiger partial charge in [0, 0.05) is 32.9 Å². The summed E-state index contributed by atoms with van der Waals surface area (Å²) in [5.74, 6) is 2.27. The van der Waals surface area contributed by atoms with Crippen LogP contribution in [0, 0.1) is 0 Å². The zero-order valence-corrected chi connectivity index (χ0v) is 16.4. The van der Waals surface area contributed by atoms with Crippen molar-refractivity contribution < 1.29 is 0 Å². The van der Waals surface area contributed by atoms with Gasteiger partial charge in [-0.1, -0.05) is 6.07 Å².